The smallest absolute Gasteiger partial charge is 0.321 e. The van der Waals surface area contributed by atoms with Crippen LogP contribution in [0.1, 0.15) is 52.4 Å². The highest BCUT2D eigenvalue weighted by atomic mass is 16.5. The van der Waals surface area contributed by atoms with Crippen LogP contribution in [0.2, 0.25) is 0 Å². The van der Waals surface area contributed by atoms with Crippen LogP contribution in [-0.4, -0.2) is 65.3 Å². The van der Waals surface area contributed by atoms with Gasteiger partial charge in [-0.3, -0.25) is 0 Å². The van der Waals surface area contributed by atoms with Gasteiger partial charge in [0, 0.05) is 43.5 Å². The molecular formula is C23H34N4O3. The van der Waals surface area contributed by atoms with Crippen molar-refractivity contribution in [2.24, 2.45) is 0 Å². The van der Waals surface area contributed by atoms with Gasteiger partial charge >= 0.3 is 12.1 Å². The molecule has 4 amide bonds. The standard InChI is InChI=1S/C23H34N4O3/c1-17(2)24-22(29)27(19-8-9-19)20-10-15-30-23(16-20)11-13-26(14-12-23)21(28)25-18-6-4-3-5-7-18/h3-7,17,19-20H,8-16H2,1-2H3,(H,24,29)(H,25,28). The summed E-state index contributed by atoms with van der Waals surface area (Å²) in [6.07, 6.45) is 5.59. The number of ether oxygens (including phenoxy) is 1. The van der Waals surface area contributed by atoms with Gasteiger partial charge in [-0.15, -0.1) is 0 Å². The lowest BCUT2D eigenvalue weighted by molar-refractivity contribution is -0.125. The van der Waals surface area contributed by atoms with Gasteiger partial charge in [0.2, 0.25) is 0 Å². The summed E-state index contributed by atoms with van der Waals surface area (Å²) in [6, 6.07) is 10.3. The van der Waals surface area contributed by atoms with Crippen LogP contribution in [0.5, 0.6) is 0 Å². The zero-order valence-corrected chi connectivity index (χ0v) is 18.1. The summed E-state index contributed by atoms with van der Waals surface area (Å²) in [6.45, 7) is 6.04. The quantitative estimate of drug-likeness (QED) is 0.787. The van der Waals surface area contributed by atoms with E-state index in [2.05, 4.69) is 15.5 Å². The van der Waals surface area contributed by atoms with Gasteiger partial charge in [-0.2, -0.15) is 0 Å². The molecule has 3 fully saturated rings. The van der Waals surface area contributed by atoms with Crippen molar-refractivity contribution in [3.8, 4) is 0 Å². The molecule has 1 spiro atoms. The number of urea groups is 2. The Balaban J connectivity index is 1.35. The van der Waals surface area contributed by atoms with E-state index in [4.69, 9.17) is 4.74 Å². The zero-order valence-electron chi connectivity index (χ0n) is 18.1. The van der Waals surface area contributed by atoms with Crippen LogP contribution in [0.25, 0.3) is 0 Å². The number of carbonyl (C=O) groups is 2. The van der Waals surface area contributed by atoms with Crippen molar-refractivity contribution in [1.82, 2.24) is 15.1 Å². The normalized spacial score (nSPS) is 23.3. The Morgan fingerprint density at radius 3 is 2.43 bits per heavy atom. The maximum absolute atomic E-state index is 12.8. The Bertz CT molecular complexity index is 742. The van der Waals surface area contributed by atoms with Gasteiger partial charge in [0.25, 0.3) is 0 Å². The van der Waals surface area contributed by atoms with Crippen molar-refractivity contribution in [1.29, 1.82) is 0 Å². The minimum absolute atomic E-state index is 0.0562. The van der Waals surface area contributed by atoms with Crippen molar-refractivity contribution in [3.05, 3.63) is 30.3 Å². The fraction of sp³-hybridized carbons (Fsp3) is 0.652. The second-order valence-electron chi connectivity index (χ2n) is 9.20. The van der Waals surface area contributed by atoms with E-state index < -0.39 is 0 Å². The molecule has 2 N–H and O–H groups in total. The SMILES string of the molecule is CC(C)NC(=O)N(C1CC1)C1CCOC2(CCN(C(=O)Nc3ccccc3)CC2)C1. The number of likely N-dealkylation sites (tertiary alicyclic amines) is 1. The molecule has 0 aromatic heterocycles. The van der Waals surface area contributed by atoms with Crippen molar-refractivity contribution < 1.29 is 14.3 Å². The highest BCUT2D eigenvalue weighted by Gasteiger charge is 2.46. The lowest BCUT2D eigenvalue weighted by atomic mass is 9.82. The third-order valence-corrected chi connectivity index (χ3v) is 6.43. The lowest BCUT2D eigenvalue weighted by Crippen LogP contribution is -2.57. The van der Waals surface area contributed by atoms with E-state index in [-0.39, 0.29) is 29.7 Å². The summed E-state index contributed by atoms with van der Waals surface area (Å²) >= 11 is 0. The number of para-hydroxylation sites is 1. The van der Waals surface area contributed by atoms with Crippen molar-refractivity contribution in [2.45, 2.75) is 76.1 Å². The van der Waals surface area contributed by atoms with Crippen LogP contribution in [0.15, 0.2) is 30.3 Å². The number of anilines is 1. The molecular weight excluding hydrogens is 380 g/mol. The molecule has 7 nitrogen and oxygen atoms in total. The van der Waals surface area contributed by atoms with Crippen LogP contribution in [-0.2, 0) is 4.74 Å². The van der Waals surface area contributed by atoms with Gasteiger partial charge in [-0.05, 0) is 64.5 Å². The number of benzene rings is 1. The first-order valence-corrected chi connectivity index (χ1v) is 11.3. The predicted octanol–water partition coefficient (Wildman–Crippen LogP) is 3.81. The third-order valence-electron chi connectivity index (χ3n) is 6.43. The van der Waals surface area contributed by atoms with E-state index in [1.54, 1.807) is 0 Å². The van der Waals surface area contributed by atoms with Gasteiger partial charge in [0.1, 0.15) is 0 Å². The molecule has 30 heavy (non-hydrogen) atoms. The Labute approximate surface area is 179 Å². The lowest BCUT2D eigenvalue weighted by Gasteiger charge is -2.48. The number of hydrogen-bond donors (Lipinski definition) is 2. The molecule has 1 atom stereocenters. The number of nitrogens with zero attached hydrogens (tertiary/aromatic N) is 2. The van der Waals surface area contributed by atoms with Gasteiger partial charge in [-0.1, -0.05) is 18.2 Å². The Morgan fingerprint density at radius 2 is 1.80 bits per heavy atom. The molecule has 7 heteroatoms. The van der Waals surface area contributed by atoms with Crippen LogP contribution in [0.3, 0.4) is 0 Å². The molecule has 2 aliphatic heterocycles. The number of nitrogens with one attached hydrogen (secondary N) is 2. The van der Waals surface area contributed by atoms with Crippen molar-refractivity contribution in [2.75, 3.05) is 25.0 Å². The Hall–Kier alpha value is -2.28. The highest BCUT2D eigenvalue weighted by Crippen LogP contribution is 2.40. The molecule has 0 bridgehead atoms. The van der Waals surface area contributed by atoms with Gasteiger partial charge in [0.05, 0.1) is 5.60 Å². The monoisotopic (exact) mass is 414 g/mol. The first-order chi connectivity index (χ1) is 14.5. The summed E-state index contributed by atoms with van der Waals surface area (Å²) in [4.78, 5) is 29.4. The molecule has 1 aromatic carbocycles. The average Bonchev–Trinajstić information content (AvgIpc) is 3.54. The Kier molecular flexibility index (Phi) is 6.18. The summed E-state index contributed by atoms with van der Waals surface area (Å²) < 4.78 is 6.28. The van der Waals surface area contributed by atoms with Crippen LogP contribution in [0, 0.1) is 0 Å². The molecule has 2 saturated heterocycles. The van der Waals surface area contributed by atoms with Crippen LogP contribution >= 0.6 is 0 Å². The molecule has 4 rings (SSSR count). The van der Waals surface area contributed by atoms with Crippen molar-refractivity contribution in [3.63, 3.8) is 0 Å². The number of piperidine rings is 1. The minimum Gasteiger partial charge on any atom is -0.375 e. The molecule has 1 aromatic rings. The fourth-order valence-electron chi connectivity index (χ4n) is 4.73. The van der Waals surface area contributed by atoms with E-state index in [9.17, 15) is 9.59 Å². The number of hydrogen-bond acceptors (Lipinski definition) is 3. The van der Waals surface area contributed by atoms with Crippen molar-refractivity contribution >= 4 is 17.7 Å². The van der Waals surface area contributed by atoms with E-state index in [1.165, 1.54) is 0 Å². The number of amides is 4. The second kappa shape index (κ2) is 8.84. The molecule has 1 aliphatic carbocycles. The van der Waals surface area contributed by atoms with Gasteiger partial charge < -0.3 is 25.2 Å². The molecule has 164 valence electrons. The Morgan fingerprint density at radius 1 is 1.10 bits per heavy atom. The minimum atomic E-state index is -0.225. The molecule has 1 unspecified atom stereocenters. The summed E-state index contributed by atoms with van der Waals surface area (Å²) in [5.74, 6) is 0. The van der Waals surface area contributed by atoms with E-state index in [0.29, 0.717) is 25.7 Å². The maximum atomic E-state index is 12.8. The molecule has 0 radical (unpaired) electrons. The van der Waals surface area contributed by atoms with Crippen LogP contribution in [0.4, 0.5) is 15.3 Å². The summed E-state index contributed by atoms with van der Waals surface area (Å²) in [5.41, 5.74) is 0.588. The molecule has 2 heterocycles. The van der Waals surface area contributed by atoms with E-state index in [1.807, 2.05) is 49.1 Å². The largest absolute Gasteiger partial charge is 0.375 e. The first-order valence-electron chi connectivity index (χ1n) is 11.3. The number of carbonyl (C=O) groups excluding carboxylic acids is 2. The van der Waals surface area contributed by atoms with E-state index >= 15 is 0 Å². The third kappa shape index (κ3) is 4.89. The average molecular weight is 415 g/mol. The summed E-state index contributed by atoms with van der Waals surface area (Å²) in [7, 11) is 0. The van der Waals surface area contributed by atoms with Gasteiger partial charge in [-0.25, -0.2) is 9.59 Å². The fourth-order valence-corrected chi connectivity index (χ4v) is 4.73. The summed E-state index contributed by atoms with van der Waals surface area (Å²) in [5, 5.41) is 6.05. The van der Waals surface area contributed by atoms with E-state index in [0.717, 1.165) is 44.2 Å². The molecule has 1 saturated carbocycles. The second-order valence-corrected chi connectivity index (χ2v) is 9.20. The van der Waals surface area contributed by atoms with Crippen LogP contribution < -0.4 is 10.6 Å². The highest BCUT2D eigenvalue weighted by molar-refractivity contribution is 5.89. The zero-order chi connectivity index (χ0) is 21.1. The predicted molar refractivity (Wildman–Crippen MR) is 117 cm³/mol. The van der Waals surface area contributed by atoms with Gasteiger partial charge in [0.15, 0.2) is 0 Å². The first kappa shape index (κ1) is 21.0. The topological polar surface area (TPSA) is 73.9 Å². The molecule has 3 aliphatic rings. The maximum Gasteiger partial charge on any atom is 0.321 e. The number of rotatable bonds is 4.